The average Bonchev–Trinajstić information content (AvgIpc) is 2.99. The van der Waals surface area contributed by atoms with Crippen LogP contribution in [-0.2, 0) is 9.59 Å². The molecule has 0 bridgehead atoms. The number of amides is 2. The van der Waals surface area contributed by atoms with E-state index in [4.69, 9.17) is 11.6 Å². The Morgan fingerprint density at radius 2 is 2.04 bits per heavy atom. The molecule has 7 nitrogen and oxygen atoms in total. The predicted molar refractivity (Wildman–Crippen MR) is 101 cm³/mol. The fourth-order valence-electron chi connectivity index (χ4n) is 2.35. The van der Waals surface area contributed by atoms with E-state index in [0.29, 0.717) is 10.6 Å². The second-order valence-electron chi connectivity index (χ2n) is 5.76. The van der Waals surface area contributed by atoms with Crippen molar-refractivity contribution >= 4 is 41.3 Å². The van der Waals surface area contributed by atoms with Crippen molar-refractivity contribution in [3.63, 3.8) is 0 Å². The number of guanidine groups is 1. The molecule has 1 aliphatic heterocycles. The summed E-state index contributed by atoms with van der Waals surface area (Å²) in [5.74, 6) is -3.09. The van der Waals surface area contributed by atoms with Gasteiger partial charge in [0.2, 0.25) is 11.9 Å². The van der Waals surface area contributed by atoms with E-state index in [9.17, 15) is 18.4 Å². The summed E-state index contributed by atoms with van der Waals surface area (Å²) >= 11 is 6.00. The molecule has 1 unspecified atom stereocenters. The summed E-state index contributed by atoms with van der Waals surface area (Å²) in [5.41, 5.74) is 3.31. The van der Waals surface area contributed by atoms with Gasteiger partial charge < -0.3 is 5.32 Å². The third-order valence-electron chi connectivity index (χ3n) is 3.69. The summed E-state index contributed by atoms with van der Waals surface area (Å²) in [6.45, 7) is 0. The highest BCUT2D eigenvalue weighted by Gasteiger charge is 2.28. The van der Waals surface area contributed by atoms with Crippen LogP contribution in [-0.4, -0.2) is 30.0 Å². The molecule has 0 spiro atoms. The summed E-state index contributed by atoms with van der Waals surface area (Å²) in [7, 11) is 0. The monoisotopic (exact) mass is 405 g/mol. The molecule has 144 valence electrons. The van der Waals surface area contributed by atoms with Crippen molar-refractivity contribution in [3.8, 4) is 0 Å². The molecule has 3 rings (SSSR count). The minimum absolute atomic E-state index is 0.0778. The molecule has 0 saturated carbocycles. The maximum atomic E-state index is 13.2. The lowest BCUT2D eigenvalue weighted by atomic mass is 10.2. The lowest BCUT2D eigenvalue weighted by molar-refractivity contribution is -0.123. The van der Waals surface area contributed by atoms with Crippen LogP contribution in [0.2, 0.25) is 5.02 Å². The van der Waals surface area contributed by atoms with Gasteiger partial charge in [-0.2, -0.15) is 5.10 Å². The Balaban J connectivity index is 1.56. The number of nitrogens with zero attached hydrogens (tertiary/aromatic N) is 2. The number of carbonyl (C=O) groups is 2. The maximum absolute atomic E-state index is 13.2. The largest absolute Gasteiger partial charge is 0.326 e. The van der Waals surface area contributed by atoms with Crippen molar-refractivity contribution in [2.45, 2.75) is 12.5 Å². The smallest absolute Gasteiger partial charge is 0.252 e. The van der Waals surface area contributed by atoms with Crippen molar-refractivity contribution in [1.29, 1.82) is 0 Å². The zero-order valence-corrected chi connectivity index (χ0v) is 15.0. The van der Waals surface area contributed by atoms with Crippen molar-refractivity contribution in [3.05, 3.63) is 64.7 Å². The van der Waals surface area contributed by atoms with Crippen molar-refractivity contribution < 1.29 is 18.4 Å². The Morgan fingerprint density at radius 3 is 2.79 bits per heavy atom. The number of halogens is 3. The zero-order chi connectivity index (χ0) is 20.1. The minimum atomic E-state index is -1.09. The Kier molecular flexibility index (Phi) is 5.95. The van der Waals surface area contributed by atoms with Gasteiger partial charge in [0.15, 0.2) is 11.6 Å². The molecule has 0 radical (unpaired) electrons. The average molecular weight is 406 g/mol. The van der Waals surface area contributed by atoms with Crippen LogP contribution in [0.1, 0.15) is 12.0 Å². The summed E-state index contributed by atoms with van der Waals surface area (Å²) in [4.78, 5) is 28.0. The van der Waals surface area contributed by atoms with Crippen LogP contribution in [0.5, 0.6) is 0 Å². The first-order valence-corrected chi connectivity index (χ1v) is 8.47. The molecule has 0 saturated heterocycles. The summed E-state index contributed by atoms with van der Waals surface area (Å²) < 4.78 is 26.1. The Bertz CT molecular complexity index is 980. The van der Waals surface area contributed by atoms with E-state index in [2.05, 4.69) is 26.2 Å². The first-order chi connectivity index (χ1) is 13.4. The SMILES string of the molecule is O=C(CC1N=C(NN=Cc2ccccc2Cl)NC1=O)Nc1ccc(F)c(F)c1. The number of hydrogen-bond acceptors (Lipinski definition) is 5. The second-order valence-corrected chi connectivity index (χ2v) is 6.16. The molecule has 0 fully saturated rings. The summed E-state index contributed by atoms with van der Waals surface area (Å²) in [6, 6.07) is 9.03. The normalized spacial score (nSPS) is 16.0. The van der Waals surface area contributed by atoms with Crippen LogP contribution in [0.25, 0.3) is 0 Å². The van der Waals surface area contributed by atoms with Crippen LogP contribution in [0.4, 0.5) is 14.5 Å². The molecule has 1 heterocycles. The molecule has 1 aliphatic rings. The van der Waals surface area contributed by atoms with E-state index in [0.717, 1.165) is 12.1 Å². The van der Waals surface area contributed by atoms with Gasteiger partial charge in [-0.25, -0.2) is 19.2 Å². The van der Waals surface area contributed by atoms with Gasteiger partial charge in [-0.05, 0) is 18.2 Å². The fourth-order valence-corrected chi connectivity index (χ4v) is 2.53. The van der Waals surface area contributed by atoms with E-state index in [1.807, 2.05) is 0 Å². The first-order valence-electron chi connectivity index (χ1n) is 8.09. The van der Waals surface area contributed by atoms with E-state index >= 15 is 0 Å². The van der Waals surface area contributed by atoms with E-state index < -0.39 is 29.5 Å². The lowest BCUT2D eigenvalue weighted by Crippen LogP contribution is -2.35. The molecule has 2 aromatic rings. The first kappa shape index (κ1) is 19.4. The molecular formula is C18H14ClF2N5O2. The van der Waals surface area contributed by atoms with Crippen LogP contribution in [0.15, 0.2) is 52.6 Å². The molecule has 28 heavy (non-hydrogen) atoms. The predicted octanol–water partition coefficient (Wildman–Crippen LogP) is 2.42. The van der Waals surface area contributed by atoms with Gasteiger partial charge in [-0.15, -0.1) is 0 Å². The van der Waals surface area contributed by atoms with E-state index in [1.165, 1.54) is 12.3 Å². The van der Waals surface area contributed by atoms with Gasteiger partial charge in [0, 0.05) is 22.3 Å². The number of rotatable bonds is 5. The minimum Gasteiger partial charge on any atom is -0.326 e. The van der Waals surface area contributed by atoms with Gasteiger partial charge in [-0.3, -0.25) is 14.9 Å². The van der Waals surface area contributed by atoms with Crippen LogP contribution in [0.3, 0.4) is 0 Å². The van der Waals surface area contributed by atoms with E-state index in [1.54, 1.807) is 24.3 Å². The fraction of sp³-hybridized carbons (Fsp3) is 0.111. The highest BCUT2D eigenvalue weighted by molar-refractivity contribution is 6.33. The molecule has 1 atom stereocenters. The number of benzene rings is 2. The number of aliphatic imine (C=N–C) groups is 1. The van der Waals surface area contributed by atoms with Gasteiger partial charge in [0.05, 0.1) is 12.6 Å². The van der Waals surface area contributed by atoms with Crippen LogP contribution in [0, 0.1) is 11.6 Å². The number of hydrogen-bond donors (Lipinski definition) is 3. The molecular weight excluding hydrogens is 392 g/mol. The topological polar surface area (TPSA) is 94.9 Å². The quantitative estimate of drug-likeness (QED) is 0.526. The lowest BCUT2D eigenvalue weighted by Gasteiger charge is -2.07. The van der Waals surface area contributed by atoms with Crippen molar-refractivity contribution in [1.82, 2.24) is 10.7 Å². The summed E-state index contributed by atoms with van der Waals surface area (Å²) in [6.07, 6.45) is 1.18. The van der Waals surface area contributed by atoms with Crippen molar-refractivity contribution in [2.75, 3.05) is 5.32 Å². The van der Waals surface area contributed by atoms with Crippen LogP contribution < -0.4 is 16.1 Å². The molecule has 3 N–H and O–H groups in total. The summed E-state index contributed by atoms with van der Waals surface area (Å²) in [5, 5.41) is 9.28. The molecule has 0 aliphatic carbocycles. The van der Waals surface area contributed by atoms with Gasteiger partial charge >= 0.3 is 0 Å². The van der Waals surface area contributed by atoms with Gasteiger partial charge in [-0.1, -0.05) is 29.8 Å². The number of carbonyl (C=O) groups excluding carboxylic acids is 2. The Labute approximate surface area is 163 Å². The Hall–Kier alpha value is -3.33. The number of nitrogens with one attached hydrogen (secondary N) is 3. The van der Waals surface area contributed by atoms with E-state index in [-0.39, 0.29) is 18.1 Å². The Morgan fingerprint density at radius 1 is 1.25 bits per heavy atom. The third kappa shape index (κ3) is 4.89. The van der Waals surface area contributed by atoms with Gasteiger partial charge in [0.25, 0.3) is 5.91 Å². The van der Waals surface area contributed by atoms with Gasteiger partial charge in [0.1, 0.15) is 6.04 Å². The molecule has 10 heteroatoms. The van der Waals surface area contributed by atoms with Crippen molar-refractivity contribution in [2.24, 2.45) is 10.1 Å². The van der Waals surface area contributed by atoms with Crippen LogP contribution >= 0.6 is 11.6 Å². The second kappa shape index (κ2) is 8.57. The number of anilines is 1. The standard InChI is InChI=1S/C18H14ClF2N5O2/c19-12-4-2-1-3-10(12)9-22-26-18-24-15(17(28)25-18)8-16(27)23-11-5-6-13(20)14(21)7-11/h1-7,9,15H,8H2,(H,23,27)(H2,24,25,26,28). The highest BCUT2D eigenvalue weighted by atomic mass is 35.5. The molecule has 2 amide bonds. The highest BCUT2D eigenvalue weighted by Crippen LogP contribution is 2.15. The zero-order valence-electron chi connectivity index (χ0n) is 14.2. The maximum Gasteiger partial charge on any atom is 0.252 e. The number of hydrazone groups is 1. The molecule has 2 aromatic carbocycles. The third-order valence-corrected chi connectivity index (χ3v) is 4.03. The molecule has 0 aromatic heterocycles.